The lowest BCUT2D eigenvalue weighted by molar-refractivity contribution is -0.376. The number of rotatable bonds is 7. The number of aliphatic hydroxyl groups is 2. The van der Waals surface area contributed by atoms with Crippen molar-refractivity contribution in [1.29, 1.82) is 0 Å². The number of halogens is 7. The van der Waals surface area contributed by atoms with Crippen LogP contribution in [-0.2, 0) is 12.1 Å². The van der Waals surface area contributed by atoms with E-state index in [-0.39, 0.29) is 37.4 Å². The maximum absolute atomic E-state index is 14.5. The van der Waals surface area contributed by atoms with Gasteiger partial charge in [0.25, 0.3) is 11.5 Å². The predicted octanol–water partition coefficient (Wildman–Crippen LogP) is 3.99. The summed E-state index contributed by atoms with van der Waals surface area (Å²) in [5.41, 5.74) is -7.25. The first-order valence-corrected chi connectivity index (χ1v) is 12.4. The molecule has 3 amide bonds. The molecule has 0 saturated carbocycles. The van der Waals surface area contributed by atoms with Crippen molar-refractivity contribution < 1.29 is 50.5 Å². The highest BCUT2D eigenvalue weighted by molar-refractivity contribution is 5.95. The lowest BCUT2D eigenvalue weighted by Gasteiger charge is -2.35. The average molecular weight is 595 g/mol. The van der Waals surface area contributed by atoms with Crippen molar-refractivity contribution in [2.24, 2.45) is 0 Å². The van der Waals surface area contributed by atoms with Crippen molar-refractivity contribution in [3.8, 4) is 0 Å². The van der Waals surface area contributed by atoms with Crippen LogP contribution in [0.5, 0.6) is 0 Å². The van der Waals surface area contributed by atoms with Crippen LogP contribution in [-0.4, -0.2) is 82.6 Å². The smallest absolute Gasteiger partial charge is 0.389 e. The summed E-state index contributed by atoms with van der Waals surface area (Å²) >= 11 is 0. The minimum atomic E-state index is -5.97. The molecule has 8 nitrogen and oxygen atoms in total. The zero-order valence-corrected chi connectivity index (χ0v) is 22.0. The number of amides is 3. The SMILES string of the molecule is CC(C)(O)CNC(=O)Nc1ccc(C(=O)N2CCN(Cc3ccc(C(O)(C(F)(F)F)C(F)(F)F)cc3)CC2)cc1F. The van der Waals surface area contributed by atoms with Gasteiger partial charge in [0, 0.05) is 50.4 Å². The topological polar surface area (TPSA) is 105 Å². The summed E-state index contributed by atoms with van der Waals surface area (Å²) in [4.78, 5) is 28.1. The summed E-state index contributed by atoms with van der Waals surface area (Å²) in [5.74, 6) is -1.32. The predicted molar refractivity (Wildman–Crippen MR) is 133 cm³/mol. The number of urea groups is 1. The summed E-state index contributed by atoms with van der Waals surface area (Å²) < 4.78 is 93.0. The molecule has 1 aliphatic rings. The zero-order chi connectivity index (χ0) is 30.8. The molecule has 226 valence electrons. The van der Waals surface area contributed by atoms with E-state index in [0.717, 1.165) is 18.2 Å². The van der Waals surface area contributed by atoms with E-state index in [1.165, 1.54) is 30.9 Å². The number of benzene rings is 2. The molecule has 4 N–H and O–H groups in total. The van der Waals surface area contributed by atoms with E-state index in [0.29, 0.717) is 30.8 Å². The summed E-state index contributed by atoms with van der Waals surface area (Å²) in [6.07, 6.45) is -11.9. The molecule has 0 aliphatic carbocycles. The highest BCUT2D eigenvalue weighted by Gasteiger charge is 2.71. The van der Waals surface area contributed by atoms with Gasteiger partial charge in [-0.05, 0) is 37.6 Å². The second-order valence-corrected chi connectivity index (χ2v) is 10.3. The second-order valence-electron chi connectivity index (χ2n) is 10.3. The Balaban J connectivity index is 1.56. The molecular weight excluding hydrogens is 565 g/mol. The first-order chi connectivity index (χ1) is 18.8. The van der Waals surface area contributed by atoms with E-state index < -0.39 is 46.9 Å². The van der Waals surface area contributed by atoms with E-state index in [9.17, 15) is 50.5 Å². The maximum atomic E-state index is 14.5. The molecule has 1 heterocycles. The van der Waals surface area contributed by atoms with Crippen LogP contribution in [0.4, 0.5) is 41.2 Å². The Morgan fingerprint density at radius 1 is 0.878 bits per heavy atom. The van der Waals surface area contributed by atoms with Gasteiger partial charge in [0.2, 0.25) is 0 Å². The Morgan fingerprint density at radius 3 is 1.93 bits per heavy atom. The fourth-order valence-electron chi connectivity index (χ4n) is 4.10. The summed E-state index contributed by atoms with van der Waals surface area (Å²) in [5, 5.41) is 23.8. The quantitative estimate of drug-likeness (QED) is 0.363. The molecule has 15 heteroatoms. The minimum Gasteiger partial charge on any atom is -0.389 e. The monoisotopic (exact) mass is 594 g/mol. The first-order valence-electron chi connectivity index (χ1n) is 12.4. The molecule has 1 aliphatic heterocycles. The van der Waals surface area contributed by atoms with Crippen LogP contribution in [0.25, 0.3) is 0 Å². The van der Waals surface area contributed by atoms with Crippen molar-refractivity contribution in [3.63, 3.8) is 0 Å². The molecular formula is C26H29F7N4O4. The van der Waals surface area contributed by atoms with Crippen LogP contribution in [0.15, 0.2) is 42.5 Å². The Labute approximate surface area is 230 Å². The largest absolute Gasteiger partial charge is 0.430 e. The van der Waals surface area contributed by atoms with Crippen LogP contribution in [0, 0.1) is 5.82 Å². The fraction of sp³-hybridized carbons (Fsp3) is 0.462. The molecule has 0 aromatic heterocycles. The molecule has 0 radical (unpaired) electrons. The first kappa shape index (κ1) is 32.1. The molecule has 2 aromatic rings. The molecule has 0 atom stereocenters. The Kier molecular flexibility index (Phi) is 9.25. The van der Waals surface area contributed by atoms with Gasteiger partial charge in [-0.3, -0.25) is 9.69 Å². The number of nitrogens with one attached hydrogen (secondary N) is 2. The fourth-order valence-corrected chi connectivity index (χ4v) is 4.10. The van der Waals surface area contributed by atoms with Gasteiger partial charge in [0.15, 0.2) is 0 Å². The molecule has 2 aromatic carbocycles. The van der Waals surface area contributed by atoms with Crippen LogP contribution >= 0.6 is 0 Å². The van der Waals surface area contributed by atoms with Gasteiger partial charge < -0.3 is 25.7 Å². The van der Waals surface area contributed by atoms with Crippen molar-refractivity contribution in [1.82, 2.24) is 15.1 Å². The number of hydrogen-bond acceptors (Lipinski definition) is 5. The normalized spacial score (nSPS) is 15.5. The molecule has 1 saturated heterocycles. The average Bonchev–Trinajstić information content (AvgIpc) is 2.87. The molecule has 41 heavy (non-hydrogen) atoms. The van der Waals surface area contributed by atoms with Gasteiger partial charge in [-0.15, -0.1) is 0 Å². The van der Waals surface area contributed by atoms with E-state index in [2.05, 4.69) is 10.6 Å². The van der Waals surface area contributed by atoms with Gasteiger partial charge in [-0.1, -0.05) is 24.3 Å². The molecule has 0 unspecified atom stereocenters. The number of carbonyl (C=O) groups is 2. The highest BCUT2D eigenvalue weighted by atomic mass is 19.4. The number of alkyl halides is 6. The summed E-state index contributed by atoms with van der Waals surface area (Å²) in [7, 11) is 0. The van der Waals surface area contributed by atoms with Crippen molar-refractivity contribution in [3.05, 3.63) is 65.0 Å². The standard InChI is InChI=1S/C26H29F7N4O4/c1-23(2,40)15-34-22(39)35-20-8-5-17(13-19(20)27)21(38)37-11-9-36(10-12-37)14-16-3-6-18(7-4-16)24(41,25(28,29)30)26(31,32)33/h3-8,13,40-41H,9-12,14-15H2,1-2H3,(H2,34,35,39). The maximum Gasteiger partial charge on any atom is 0.430 e. The van der Waals surface area contributed by atoms with Crippen LogP contribution in [0.3, 0.4) is 0 Å². The number of anilines is 1. The van der Waals surface area contributed by atoms with Gasteiger partial charge in [0.05, 0.1) is 11.3 Å². The number of hydrogen-bond donors (Lipinski definition) is 4. The van der Waals surface area contributed by atoms with E-state index in [4.69, 9.17) is 0 Å². The zero-order valence-electron chi connectivity index (χ0n) is 22.0. The summed E-state index contributed by atoms with van der Waals surface area (Å²) in [6.45, 7) is 4.15. The van der Waals surface area contributed by atoms with Crippen LogP contribution < -0.4 is 10.6 Å². The van der Waals surface area contributed by atoms with Gasteiger partial charge in [-0.2, -0.15) is 26.3 Å². The second kappa shape index (κ2) is 11.8. The van der Waals surface area contributed by atoms with E-state index >= 15 is 0 Å². The third kappa shape index (κ3) is 7.65. The van der Waals surface area contributed by atoms with Crippen molar-refractivity contribution in [2.75, 3.05) is 38.0 Å². The van der Waals surface area contributed by atoms with E-state index in [1.54, 1.807) is 0 Å². The van der Waals surface area contributed by atoms with Crippen LogP contribution in [0.1, 0.15) is 35.3 Å². The lowest BCUT2D eigenvalue weighted by Crippen LogP contribution is -2.53. The number of piperazine rings is 1. The third-order valence-corrected chi connectivity index (χ3v) is 6.40. The van der Waals surface area contributed by atoms with Crippen molar-refractivity contribution >= 4 is 17.6 Å². The molecule has 0 bridgehead atoms. The van der Waals surface area contributed by atoms with Gasteiger partial charge >= 0.3 is 18.4 Å². The van der Waals surface area contributed by atoms with E-state index in [1.807, 2.05) is 4.90 Å². The molecule has 3 rings (SSSR count). The third-order valence-electron chi connectivity index (χ3n) is 6.40. The van der Waals surface area contributed by atoms with Crippen LogP contribution in [0.2, 0.25) is 0 Å². The number of carbonyl (C=O) groups excluding carboxylic acids is 2. The summed E-state index contributed by atoms with van der Waals surface area (Å²) in [6, 6.07) is 6.11. The van der Waals surface area contributed by atoms with Gasteiger partial charge in [0.1, 0.15) is 5.82 Å². The molecule has 1 fully saturated rings. The number of nitrogens with zero attached hydrogens (tertiary/aromatic N) is 2. The molecule has 0 spiro atoms. The van der Waals surface area contributed by atoms with Gasteiger partial charge in [-0.25, -0.2) is 9.18 Å². The highest BCUT2D eigenvalue weighted by Crippen LogP contribution is 2.50. The Morgan fingerprint density at radius 2 is 1.44 bits per heavy atom. The van der Waals surface area contributed by atoms with Crippen molar-refractivity contribution in [2.45, 2.75) is 43.9 Å². The minimum absolute atomic E-state index is 0.0378. The Bertz CT molecular complexity index is 1220. The lowest BCUT2D eigenvalue weighted by atomic mass is 9.91. The Hall–Kier alpha value is -3.43.